The molecule has 0 unspecified atom stereocenters. The normalized spacial score (nSPS) is 10.3. The average molecular weight is 341 g/mol. The number of likely N-dealkylation sites (N-methyl/N-ethyl adjacent to an activating group) is 1. The maximum atomic E-state index is 12.0. The number of carbonyl (C=O) groups is 2. The van der Waals surface area contributed by atoms with Crippen LogP contribution in [0.15, 0.2) is 36.5 Å². The first-order valence-electron chi connectivity index (χ1n) is 6.46. The van der Waals surface area contributed by atoms with Crippen molar-refractivity contribution in [1.29, 1.82) is 0 Å². The highest BCUT2D eigenvalue weighted by Crippen LogP contribution is 2.23. The van der Waals surface area contributed by atoms with Gasteiger partial charge < -0.3 is 14.6 Å². The molecule has 116 valence electrons. The van der Waals surface area contributed by atoms with Gasteiger partial charge in [0.2, 0.25) is 0 Å². The van der Waals surface area contributed by atoms with Gasteiger partial charge in [-0.05, 0) is 29.8 Å². The van der Waals surface area contributed by atoms with Crippen molar-refractivity contribution in [3.05, 3.63) is 57.8 Å². The fraction of sp³-hybridized carbons (Fsp3) is 0.200. The second-order valence-corrected chi connectivity index (χ2v) is 5.47. The number of rotatable bonds is 5. The zero-order valence-electron chi connectivity index (χ0n) is 11.8. The monoisotopic (exact) mass is 340 g/mol. The van der Waals surface area contributed by atoms with Gasteiger partial charge in [-0.3, -0.25) is 4.79 Å². The van der Waals surface area contributed by atoms with Crippen molar-refractivity contribution in [2.45, 2.75) is 6.54 Å². The number of nitrogens with zero attached hydrogens (tertiary/aromatic N) is 1. The molecule has 1 aromatic carbocycles. The van der Waals surface area contributed by atoms with E-state index in [-0.39, 0.29) is 12.5 Å². The Labute approximate surface area is 137 Å². The van der Waals surface area contributed by atoms with Crippen LogP contribution in [0.4, 0.5) is 0 Å². The third kappa shape index (κ3) is 4.26. The number of aromatic amines is 1. The highest BCUT2D eigenvalue weighted by molar-refractivity contribution is 6.42. The van der Waals surface area contributed by atoms with Crippen molar-refractivity contribution < 1.29 is 14.3 Å². The number of carbonyl (C=O) groups excluding carboxylic acids is 2. The fourth-order valence-corrected chi connectivity index (χ4v) is 2.09. The lowest BCUT2D eigenvalue weighted by molar-refractivity contribution is -0.133. The van der Waals surface area contributed by atoms with Crippen molar-refractivity contribution in [2.75, 3.05) is 13.7 Å². The van der Waals surface area contributed by atoms with Gasteiger partial charge in [0.25, 0.3) is 5.91 Å². The van der Waals surface area contributed by atoms with Gasteiger partial charge in [-0.2, -0.15) is 0 Å². The summed E-state index contributed by atoms with van der Waals surface area (Å²) in [4.78, 5) is 27.7. The largest absolute Gasteiger partial charge is 0.451 e. The first kappa shape index (κ1) is 16.4. The SMILES string of the molecule is CN(Cc1ccc(Cl)c(Cl)c1)C(=O)COC(=O)c1ccc[nH]1. The first-order valence-corrected chi connectivity index (χ1v) is 7.21. The van der Waals surface area contributed by atoms with Crippen LogP contribution in [0, 0.1) is 0 Å². The van der Waals surface area contributed by atoms with Gasteiger partial charge in [-0.1, -0.05) is 29.3 Å². The average Bonchev–Trinajstić information content (AvgIpc) is 3.02. The van der Waals surface area contributed by atoms with E-state index in [2.05, 4.69) is 4.98 Å². The van der Waals surface area contributed by atoms with E-state index in [1.54, 1.807) is 43.6 Å². The van der Waals surface area contributed by atoms with Crippen molar-refractivity contribution in [2.24, 2.45) is 0 Å². The molecule has 1 heterocycles. The number of halogens is 2. The minimum Gasteiger partial charge on any atom is -0.451 e. The maximum absolute atomic E-state index is 12.0. The molecule has 0 fully saturated rings. The molecule has 0 aliphatic heterocycles. The predicted molar refractivity (Wildman–Crippen MR) is 84.0 cm³/mol. The van der Waals surface area contributed by atoms with Crippen molar-refractivity contribution in [3.8, 4) is 0 Å². The van der Waals surface area contributed by atoms with Crippen LogP contribution in [0.25, 0.3) is 0 Å². The number of benzene rings is 1. The van der Waals surface area contributed by atoms with Crippen molar-refractivity contribution in [1.82, 2.24) is 9.88 Å². The summed E-state index contributed by atoms with van der Waals surface area (Å²) in [7, 11) is 1.62. The first-order chi connectivity index (χ1) is 10.5. The van der Waals surface area contributed by atoms with Crippen LogP contribution in [-0.2, 0) is 16.1 Å². The van der Waals surface area contributed by atoms with Gasteiger partial charge in [0.15, 0.2) is 6.61 Å². The van der Waals surface area contributed by atoms with E-state index in [0.717, 1.165) is 5.56 Å². The molecule has 0 spiro atoms. The zero-order valence-corrected chi connectivity index (χ0v) is 13.3. The number of ether oxygens (including phenoxy) is 1. The summed E-state index contributed by atoms with van der Waals surface area (Å²) in [5, 5.41) is 0.887. The van der Waals surface area contributed by atoms with E-state index >= 15 is 0 Å². The lowest BCUT2D eigenvalue weighted by atomic mass is 10.2. The van der Waals surface area contributed by atoms with Crippen LogP contribution in [-0.4, -0.2) is 35.4 Å². The third-order valence-corrected chi connectivity index (χ3v) is 3.71. The number of aromatic nitrogens is 1. The molecule has 1 amide bonds. The highest BCUT2D eigenvalue weighted by atomic mass is 35.5. The predicted octanol–water partition coefficient (Wildman–Crippen LogP) is 3.14. The Bertz CT molecular complexity index is 671. The molecule has 2 rings (SSSR count). The highest BCUT2D eigenvalue weighted by Gasteiger charge is 2.14. The quantitative estimate of drug-likeness (QED) is 0.850. The summed E-state index contributed by atoms with van der Waals surface area (Å²) in [6.45, 7) is 0.0193. The van der Waals surface area contributed by atoms with Crippen LogP contribution in [0.2, 0.25) is 10.0 Å². The smallest absolute Gasteiger partial charge is 0.355 e. The molecule has 1 aromatic heterocycles. The minimum absolute atomic E-state index is 0.305. The van der Waals surface area contributed by atoms with Gasteiger partial charge in [-0.15, -0.1) is 0 Å². The van der Waals surface area contributed by atoms with Crippen LogP contribution >= 0.6 is 23.2 Å². The zero-order chi connectivity index (χ0) is 16.1. The Morgan fingerprint density at radius 3 is 2.64 bits per heavy atom. The van der Waals surface area contributed by atoms with E-state index in [4.69, 9.17) is 27.9 Å². The van der Waals surface area contributed by atoms with Crippen LogP contribution in [0.5, 0.6) is 0 Å². The maximum Gasteiger partial charge on any atom is 0.355 e. The van der Waals surface area contributed by atoms with Crippen LogP contribution in [0.1, 0.15) is 16.1 Å². The Balaban J connectivity index is 1.86. The molecular weight excluding hydrogens is 327 g/mol. The minimum atomic E-state index is -0.568. The Kier molecular flexibility index (Phi) is 5.46. The number of hydrogen-bond donors (Lipinski definition) is 1. The van der Waals surface area contributed by atoms with Gasteiger partial charge in [0, 0.05) is 19.8 Å². The lowest BCUT2D eigenvalue weighted by Gasteiger charge is -2.17. The molecule has 0 aliphatic rings. The Hall–Kier alpha value is -1.98. The molecule has 0 atom stereocenters. The molecule has 0 saturated heterocycles. The number of amides is 1. The summed E-state index contributed by atoms with van der Waals surface area (Å²) in [5.41, 5.74) is 1.14. The summed E-state index contributed by atoms with van der Waals surface area (Å²) >= 11 is 11.8. The van der Waals surface area contributed by atoms with E-state index in [9.17, 15) is 9.59 Å². The standard InChI is InChI=1S/C15H14Cl2N2O3/c1-19(8-10-4-5-11(16)12(17)7-10)14(20)9-22-15(21)13-3-2-6-18-13/h2-7,18H,8-9H2,1H3. The molecule has 0 saturated carbocycles. The summed E-state index contributed by atoms with van der Waals surface area (Å²) < 4.78 is 4.94. The topological polar surface area (TPSA) is 62.4 Å². The van der Waals surface area contributed by atoms with E-state index in [0.29, 0.717) is 22.3 Å². The van der Waals surface area contributed by atoms with Crippen molar-refractivity contribution in [3.63, 3.8) is 0 Å². The van der Waals surface area contributed by atoms with Gasteiger partial charge >= 0.3 is 5.97 Å². The Morgan fingerprint density at radius 1 is 1.23 bits per heavy atom. The van der Waals surface area contributed by atoms with E-state index in [1.807, 2.05) is 0 Å². The van der Waals surface area contributed by atoms with Gasteiger partial charge in [-0.25, -0.2) is 4.79 Å². The van der Waals surface area contributed by atoms with Crippen LogP contribution < -0.4 is 0 Å². The second-order valence-electron chi connectivity index (χ2n) is 4.66. The van der Waals surface area contributed by atoms with Crippen LogP contribution in [0.3, 0.4) is 0 Å². The van der Waals surface area contributed by atoms with E-state index < -0.39 is 5.97 Å². The van der Waals surface area contributed by atoms with Gasteiger partial charge in [0.1, 0.15) is 5.69 Å². The molecule has 2 aromatic rings. The summed E-state index contributed by atoms with van der Waals surface area (Å²) in [5.74, 6) is -0.882. The summed E-state index contributed by atoms with van der Waals surface area (Å²) in [6.07, 6.45) is 1.61. The molecule has 1 N–H and O–H groups in total. The molecular formula is C15H14Cl2N2O3. The van der Waals surface area contributed by atoms with Gasteiger partial charge in [0.05, 0.1) is 10.0 Å². The van der Waals surface area contributed by atoms with E-state index in [1.165, 1.54) is 4.90 Å². The number of esters is 1. The summed E-state index contributed by atoms with van der Waals surface area (Å²) in [6, 6.07) is 8.39. The second kappa shape index (κ2) is 7.33. The molecule has 5 nitrogen and oxygen atoms in total. The molecule has 7 heteroatoms. The number of H-pyrrole nitrogens is 1. The lowest BCUT2D eigenvalue weighted by Crippen LogP contribution is -2.30. The number of nitrogens with one attached hydrogen (secondary N) is 1. The fourth-order valence-electron chi connectivity index (χ4n) is 1.77. The molecule has 22 heavy (non-hydrogen) atoms. The molecule has 0 radical (unpaired) electrons. The molecule has 0 aliphatic carbocycles. The Morgan fingerprint density at radius 2 is 2.00 bits per heavy atom. The third-order valence-electron chi connectivity index (χ3n) is 2.97. The number of hydrogen-bond acceptors (Lipinski definition) is 3. The van der Waals surface area contributed by atoms with Crippen molar-refractivity contribution >= 4 is 35.1 Å². The molecule has 0 bridgehead atoms.